The van der Waals surface area contributed by atoms with E-state index in [9.17, 15) is 0 Å². The van der Waals surface area contributed by atoms with E-state index in [0.717, 1.165) is 13.1 Å². The second-order valence-electron chi connectivity index (χ2n) is 5.49. The number of hydrogen-bond donors (Lipinski definition) is 1. The van der Waals surface area contributed by atoms with Crippen molar-refractivity contribution in [2.45, 2.75) is 41.0 Å². The minimum absolute atomic E-state index is 0. The van der Waals surface area contributed by atoms with Crippen LogP contribution in [0.4, 0.5) is 0 Å². The van der Waals surface area contributed by atoms with Gasteiger partial charge in [0.2, 0.25) is 0 Å². The highest BCUT2D eigenvalue weighted by atomic mass is 16.3. The first-order valence-corrected chi connectivity index (χ1v) is 5.34. The fourth-order valence-electron chi connectivity index (χ4n) is 2.11. The van der Waals surface area contributed by atoms with Crippen LogP contribution in [0.5, 0.6) is 0 Å². The van der Waals surface area contributed by atoms with Crippen molar-refractivity contribution < 1.29 is 5.11 Å². The van der Waals surface area contributed by atoms with Gasteiger partial charge in [-0.05, 0) is 30.7 Å². The van der Waals surface area contributed by atoms with Gasteiger partial charge in [0.1, 0.15) is 0 Å². The molecule has 1 unspecified atom stereocenters. The summed E-state index contributed by atoms with van der Waals surface area (Å²) < 4.78 is 0. The van der Waals surface area contributed by atoms with Crippen molar-refractivity contribution in [2.75, 3.05) is 26.2 Å². The van der Waals surface area contributed by atoms with E-state index in [2.05, 4.69) is 25.7 Å². The number of piperidine rings is 1. The summed E-state index contributed by atoms with van der Waals surface area (Å²) in [6, 6.07) is 0. The van der Waals surface area contributed by atoms with Crippen LogP contribution in [0.25, 0.3) is 0 Å². The summed E-state index contributed by atoms with van der Waals surface area (Å²) in [6.07, 6.45) is 2.46. The average Bonchev–Trinajstić information content (AvgIpc) is 2.01. The zero-order valence-electron chi connectivity index (χ0n) is 9.21. The summed E-state index contributed by atoms with van der Waals surface area (Å²) in [5, 5.41) is 9.08. The van der Waals surface area contributed by atoms with E-state index in [4.69, 9.17) is 5.11 Å². The Balaban J connectivity index is 0.00000169. The van der Waals surface area contributed by atoms with Gasteiger partial charge in [0.15, 0.2) is 0 Å². The molecular weight excluding hydrogens is 174 g/mol. The largest absolute Gasteiger partial charge is 0.396 e. The van der Waals surface area contributed by atoms with E-state index < -0.39 is 0 Å². The summed E-state index contributed by atoms with van der Waals surface area (Å²) in [5.74, 6) is 0.524. The molecule has 0 aromatic carbocycles. The van der Waals surface area contributed by atoms with Gasteiger partial charge in [-0.1, -0.05) is 28.2 Å². The van der Waals surface area contributed by atoms with Gasteiger partial charge in [0, 0.05) is 19.7 Å². The van der Waals surface area contributed by atoms with E-state index in [0.29, 0.717) is 17.9 Å². The second-order valence-corrected chi connectivity index (χ2v) is 5.49. The Hall–Kier alpha value is -0.0800. The third-order valence-corrected chi connectivity index (χ3v) is 2.56. The van der Waals surface area contributed by atoms with Crippen molar-refractivity contribution in [3.63, 3.8) is 0 Å². The molecule has 0 radical (unpaired) electrons. The maximum absolute atomic E-state index is 9.08. The topological polar surface area (TPSA) is 23.5 Å². The van der Waals surface area contributed by atoms with Gasteiger partial charge in [0.25, 0.3) is 0 Å². The summed E-state index contributed by atoms with van der Waals surface area (Å²) in [7, 11) is 0. The third kappa shape index (κ3) is 4.97. The van der Waals surface area contributed by atoms with Crippen molar-refractivity contribution in [3.05, 3.63) is 0 Å². The van der Waals surface area contributed by atoms with Crippen molar-refractivity contribution >= 4 is 0 Å². The molecule has 0 aliphatic carbocycles. The number of aliphatic hydroxyl groups is 1. The van der Waals surface area contributed by atoms with Crippen molar-refractivity contribution in [1.82, 2.24) is 4.90 Å². The van der Waals surface area contributed by atoms with Crippen LogP contribution in [0.2, 0.25) is 0 Å². The molecule has 0 bridgehead atoms. The number of nitrogens with zero attached hydrogens (tertiary/aromatic N) is 1. The number of likely N-dealkylation sites (tertiary alicyclic amines) is 1. The summed E-state index contributed by atoms with van der Waals surface area (Å²) in [4.78, 5) is 2.49. The summed E-state index contributed by atoms with van der Waals surface area (Å²) >= 11 is 0. The van der Waals surface area contributed by atoms with Gasteiger partial charge in [-0.15, -0.1) is 0 Å². The van der Waals surface area contributed by atoms with Gasteiger partial charge >= 0.3 is 0 Å². The highest BCUT2D eigenvalue weighted by Gasteiger charge is 2.22. The Kier molecular flexibility index (Phi) is 5.68. The predicted molar refractivity (Wildman–Crippen MR) is 62.4 cm³/mol. The maximum atomic E-state index is 9.08. The van der Waals surface area contributed by atoms with Crippen LogP contribution in [-0.4, -0.2) is 36.2 Å². The smallest absolute Gasteiger partial charge is 0.0471 e. The number of hydrogen-bond acceptors (Lipinski definition) is 2. The normalized spacial score (nSPS) is 24.4. The molecule has 0 aromatic heterocycles. The molecule has 0 amide bonds. The molecule has 1 heterocycles. The lowest BCUT2D eigenvalue weighted by Gasteiger charge is -2.36. The highest BCUT2D eigenvalue weighted by Crippen LogP contribution is 2.21. The predicted octanol–water partition coefficient (Wildman–Crippen LogP) is 2.37. The van der Waals surface area contributed by atoms with Crippen LogP contribution < -0.4 is 0 Å². The molecule has 0 aromatic rings. The highest BCUT2D eigenvalue weighted by molar-refractivity contribution is 4.76. The molecule has 1 N–H and O–H groups in total. The summed E-state index contributed by atoms with van der Waals surface area (Å²) in [5.41, 5.74) is 0.386. The Bertz CT molecular complexity index is 151. The summed E-state index contributed by atoms with van der Waals surface area (Å²) in [6.45, 7) is 10.6. The Morgan fingerprint density at radius 3 is 2.50 bits per heavy atom. The first kappa shape index (κ1) is 13.9. The fourth-order valence-corrected chi connectivity index (χ4v) is 2.11. The molecule has 1 fully saturated rings. The van der Waals surface area contributed by atoms with Gasteiger partial charge in [-0.2, -0.15) is 0 Å². The average molecular weight is 201 g/mol. The molecule has 1 rings (SSSR count). The molecule has 2 nitrogen and oxygen atoms in total. The first-order chi connectivity index (χ1) is 6.01. The lowest BCUT2D eigenvalue weighted by atomic mass is 9.92. The minimum atomic E-state index is 0. The zero-order chi connectivity index (χ0) is 9.90. The van der Waals surface area contributed by atoms with Gasteiger partial charge in [-0.3, -0.25) is 0 Å². The van der Waals surface area contributed by atoms with Crippen molar-refractivity contribution in [3.8, 4) is 0 Å². The lowest BCUT2D eigenvalue weighted by Crippen LogP contribution is -2.41. The second kappa shape index (κ2) is 5.72. The molecule has 86 valence electrons. The van der Waals surface area contributed by atoms with Crippen LogP contribution in [0, 0.1) is 11.3 Å². The van der Waals surface area contributed by atoms with E-state index in [1.165, 1.54) is 19.4 Å². The van der Waals surface area contributed by atoms with E-state index in [-0.39, 0.29) is 7.43 Å². The molecule has 1 atom stereocenters. The quantitative estimate of drug-likeness (QED) is 0.741. The van der Waals surface area contributed by atoms with Crippen molar-refractivity contribution in [2.24, 2.45) is 11.3 Å². The molecule has 1 saturated heterocycles. The molecule has 2 heteroatoms. The SMILES string of the molecule is C.CC(C)(C)CN1CCCC(CO)C1. The van der Waals surface area contributed by atoms with E-state index >= 15 is 0 Å². The van der Waals surface area contributed by atoms with Crippen LogP contribution in [-0.2, 0) is 0 Å². The Morgan fingerprint density at radius 2 is 2.00 bits per heavy atom. The molecule has 14 heavy (non-hydrogen) atoms. The molecular formula is C12H27NO. The standard InChI is InChI=1S/C11H23NO.CH4/c1-11(2,3)9-12-6-4-5-10(7-12)8-13;/h10,13H,4-9H2,1-3H3;1H4. The van der Waals surface area contributed by atoms with Crippen LogP contribution in [0.3, 0.4) is 0 Å². The lowest BCUT2D eigenvalue weighted by molar-refractivity contribution is 0.0943. The van der Waals surface area contributed by atoms with Crippen molar-refractivity contribution in [1.29, 1.82) is 0 Å². The van der Waals surface area contributed by atoms with Crippen LogP contribution in [0.15, 0.2) is 0 Å². The monoisotopic (exact) mass is 201 g/mol. The number of rotatable bonds is 2. The van der Waals surface area contributed by atoms with Gasteiger partial charge in [0.05, 0.1) is 0 Å². The molecule has 1 aliphatic heterocycles. The van der Waals surface area contributed by atoms with E-state index in [1.807, 2.05) is 0 Å². The van der Waals surface area contributed by atoms with Gasteiger partial charge in [-0.25, -0.2) is 0 Å². The van der Waals surface area contributed by atoms with E-state index in [1.54, 1.807) is 0 Å². The number of aliphatic hydroxyl groups excluding tert-OH is 1. The molecule has 1 aliphatic rings. The maximum Gasteiger partial charge on any atom is 0.0471 e. The van der Waals surface area contributed by atoms with Gasteiger partial charge < -0.3 is 10.0 Å². The fraction of sp³-hybridized carbons (Fsp3) is 1.00. The molecule has 0 saturated carbocycles. The van der Waals surface area contributed by atoms with Crippen LogP contribution in [0.1, 0.15) is 41.0 Å². The van der Waals surface area contributed by atoms with Crippen LogP contribution >= 0.6 is 0 Å². The Morgan fingerprint density at radius 1 is 1.36 bits per heavy atom. The third-order valence-electron chi connectivity index (χ3n) is 2.56. The zero-order valence-corrected chi connectivity index (χ0v) is 9.21. The molecule has 0 spiro atoms. The Labute approximate surface area is 89.3 Å². The first-order valence-electron chi connectivity index (χ1n) is 5.34. The minimum Gasteiger partial charge on any atom is -0.396 e.